The second-order valence-electron chi connectivity index (χ2n) is 15.4. The van der Waals surface area contributed by atoms with E-state index in [0.717, 1.165) is 16.8 Å². The molecule has 1 aliphatic rings. The minimum Gasteiger partial charge on any atom is -0.309 e. The third-order valence-corrected chi connectivity index (χ3v) is 11.6. The maximum Gasteiger partial charge on any atom is 0.182 e. The zero-order valence-corrected chi connectivity index (χ0v) is 32.0. The number of para-hydroxylation sites is 2. The van der Waals surface area contributed by atoms with Crippen LogP contribution in [-0.2, 0) is 5.41 Å². The Morgan fingerprint density at radius 2 is 0.879 bits per heavy atom. The molecule has 0 saturated carbocycles. The second-order valence-corrected chi connectivity index (χ2v) is 15.4. The van der Waals surface area contributed by atoms with Crippen LogP contribution < -0.4 is 0 Å². The summed E-state index contributed by atoms with van der Waals surface area (Å²) in [6.45, 7) is 4.70. The summed E-state index contributed by atoms with van der Waals surface area (Å²) in [5, 5.41) is 2.54. The first-order valence-corrected chi connectivity index (χ1v) is 19.6. The molecule has 0 bridgehead atoms. The Morgan fingerprint density at radius 3 is 1.45 bits per heavy atom. The molecule has 6 heteroatoms. The third-order valence-electron chi connectivity index (χ3n) is 11.6. The zero-order valence-electron chi connectivity index (χ0n) is 32.0. The lowest BCUT2D eigenvalue weighted by Crippen LogP contribution is -2.15. The number of rotatable bonds is 6. The fourth-order valence-electron chi connectivity index (χ4n) is 8.66. The van der Waals surface area contributed by atoms with Crippen molar-refractivity contribution in [3.63, 3.8) is 0 Å². The molecule has 0 amide bonds. The maximum absolute atomic E-state index is 4.85. The smallest absolute Gasteiger partial charge is 0.182 e. The second kappa shape index (κ2) is 13.3. The number of nitrogens with zero attached hydrogens (tertiary/aromatic N) is 6. The van der Waals surface area contributed by atoms with Crippen molar-refractivity contribution in [2.45, 2.75) is 19.3 Å². The SMILES string of the molecule is CC1(C)c2cc(-c3ccc(-c4nc(-c5ccccn5)nc(-c5ccccn5)n4)cc3)ccc2-c2ccc(-c3cccc(-n4c5ccccc5c5ccccc54)c3)cc21. The van der Waals surface area contributed by atoms with E-state index in [1.165, 1.54) is 60.8 Å². The van der Waals surface area contributed by atoms with Crippen molar-refractivity contribution in [3.8, 4) is 73.5 Å². The highest BCUT2D eigenvalue weighted by Crippen LogP contribution is 2.51. The number of fused-ring (bicyclic) bond motifs is 6. The number of aromatic nitrogens is 6. The van der Waals surface area contributed by atoms with Gasteiger partial charge in [-0.25, -0.2) is 15.0 Å². The molecular weight excluding hydrogens is 709 g/mol. The fraction of sp³-hybridized carbons (Fsp3) is 0.0577. The van der Waals surface area contributed by atoms with Gasteiger partial charge in [0.1, 0.15) is 11.4 Å². The van der Waals surface area contributed by atoms with Crippen molar-refractivity contribution in [1.29, 1.82) is 0 Å². The molecule has 0 atom stereocenters. The van der Waals surface area contributed by atoms with E-state index in [0.29, 0.717) is 28.9 Å². The van der Waals surface area contributed by atoms with Gasteiger partial charge in [0, 0.05) is 39.8 Å². The van der Waals surface area contributed by atoms with E-state index in [1.54, 1.807) is 12.4 Å². The van der Waals surface area contributed by atoms with Gasteiger partial charge in [-0.3, -0.25) is 9.97 Å². The van der Waals surface area contributed by atoms with Crippen molar-refractivity contribution >= 4 is 21.8 Å². The molecule has 6 nitrogen and oxygen atoms in total. The van der Waals surface area contributed by atoms with Crippen LogP contribution in [0.15, 0.2) is 182 Å². The minimum absolute atomic E-state index is 0.185. The summed E-state index contributed by atoms with van der Waals surface area (Å²) in [6, 6.07) is 60.1. The third kappa shape index (κ3) is 5.52. The van der Waals surface area contributed by atoms with E-state index < -0.39 is 0 Å². The Morgan fingerprint density at radius 1 is 0.397 bits per heavy atom. The number of benzene rings is 6. The van der Waals surface area contributed by atoms with Crippen LogP contribution in [0.4, 0.5) is 0 Å². The molecule has 0 saturated heterocycles. The van der Waals surface area contributed by atoms with E-state index in [2.05, 4.69) is 162 Å². The molecule has 6 aromatic carbocycles. The van der Waals surface area contributed by atoms with Gasteiger partial charge >= 0.3 is 0 Å². The molecule has 0 aliphatic heterocycles. The largest absolute Gasteiger partial charge is 0.309 e. The van der Waals surface area contributed by atoms with E-state index in [-0.39, 0.29) is 5.41 Å². The first-order valence-electron chi connectivity index (χ1n) is 19.6. The predicted molar refractivity (Wildman–Crippen MR) is 234 cm³/mol. The monoisotopic (exact) mass is 744 g/mol. The van der Waals surface area contributed by atoms with Gasteiger partial charge in [-0.2, -0.15) is 0 Å². The Bertz CT molecular complexity index is 3070. The summed E-state index contributed by atoms with van der Waals surface area (Å²) < 4.78 is 2.39. The Balaban J connectivity index is 0.918. The first kappa shape index (κ1) is 33.7. The molecular formula is C52H36N6. The normalized spacial score (nSPS) is 12.8. The molecule has 10 aromatic rings. The van der Waals surface area contributed by atoms with Gasteiger partial charge in [-0.1, -0.05) is 123 Å². The molecule has 0 unspecified atom stereocenters. The molecule has 0 N–H and O–H groups in total. The first-order chi connectivity index (χ1) is 28.5. The van der Waals surface area contributed by atoms with Crippen LogP contribution in [0, 0.1) is 0 Å². The van der Waals surface area contributed by atoms with E-state index >= 15 is 0 Å². The molecule has 0 radical (unpaired) electrons. The van der Waals surface area contributed by atoms with E-state index in [9.17, 15) is 0 Å². The zero-order chi connectivity index (χ0) is 38.8. The van der Waals surface area contributed by atoms with Crippen LogP contribution in [-0.4, -0.2) is 29.5 Å². The molecule has 11 rings (SSSR count). The molecule has 0 fully saturated rings. The number of hydrogen-bond acceptors (Lipinski definition) is 5. The summed E-state index contributed by atoms with van der Waals surface area (Å²) in [5.41, 5.74) is 15.6. The highest BCUT2D eigenvalue weighted by Gasteiger charge is 2.36. The molecule has 58 heavy (non-hydrogen) atoms. The number of pyridine rings is 2. The van der Waals surface area contributed by atoms with E-state index in [4.69, 9.17) is 15.0 Å². The molecule has 0 spiro atoms. The van der Waals surface area contributed by atoms with Crippen molar-refractivity contribution in [3.05, 3.63) is 193 Å². The lowest BCUT2D eigenvalue weighted by molar-refractivity contribution is 0.661. The fourth-order valence-corrected chi connectivity index (χ4v) is 8.66. The summed E-state index contributed by atoms with van der Waals surface area (Å²) in [5.74, 6) is 1.59. The average Bonchev–Trinajstić information content (AvgIpc) is 3.74. The highest BCUT2D eigenvalue weighted by molar-refractivity contribution is 6.09. The van der Waals surface area contributed by atoms with Gasteiger partial charge in [0.25, 0.3) is 0 Å². The van der Waals surface area contributed by atoms with Gasteiger partial charge < -0.3 is 4.57 Å². The van der Waals surface area contributed by atoms with Crippen molar-refractivity contribution < 1.29 is 0 Å². The van der Waals surface area contributed by atoms with Crippen LogP contribution in [0.3, 0.4) is 0 Å². The summed E-state index contributed by atoms with van der Waals surface area (Å²) in [6.07, 6.45) is 3.49. The van der Waals surface area contributed by atoms with Crippen LogP contribution >= 0.6 is 0 Å². The van der Waals surface area contributed by atoms with Gasteiger partial charge in [-0.05, 0) is 105 Å². The summed E-state index contributed by atoms with van der Waals surface area (Å²) in [7, 11) is 0. The Hall–Kier alpha value is -7.57. The minimum atomic E-state index is -0.185. The van der Waals surface area contributed by atoms with E-state index in [1.807, 2.05) is 36.4 Å². The standard InChI is InChI=1S/C52H36N6/c1-52(2)43-31-36(33-20-22-34(23-21-33)49-55-50(45-16-7-9-28-53-45)57-51(56-49)46-17-8-10-29-54-46)24-26-39(43)40-27-25-37(32-44(40)52)35-12-11-13-38(30-35)58-47-18-5-3-14-41(47)42-15-4-6-19-48(42)58/h3-32H,1-2H3. The molecule has 1 aliphatic carbocycles. The average molecular weight is 745 g/mol. The maximum atomic E-state index is 4.85. The number of hydrogen-bond donors (Lipinski definition) is 0. The predicted octanol–water partition coefficient (Wildman–Crippen LogP) is 12.4. The van der Waals surface area contributed by atoms with Gasteiger partial charge in [-0.15, -0.1) is 0 Å². The highest BCUT2D eigenvalue weighted by atomic mass is 15.1. The lowest BCUT2D eigenvalue weighted by Gasteiger charge is -2.23. The van der Waals surface area contributed by atoms with Crippen molar-refractivity contribution in [2.24, 2.45) is 0 Å². The van der Waals surface area contributed by atoms with Crippen molar-refractivity contribution in [2.75, 3.05) is 0 Å². The molecule has 274 valence electrons. The lowest BCUT2D eigenvalue weighted by atomic mass is 9.81. The summed E-state index contributed by atoms with van der Waals surface area (Å²) >= 11 is 0. The van der Waals surface area contributed by atoms with Gasteiger partial charge in [0.2, 0.25) is 0 Å². The van der Waals surface area contributed by atoms with Crippen molar-refractivity contribution in [1.82, 2.24) is 29.5 Å². The van der Waals surface area contributed by atoms with Gasteiger partial charge in [0.15, 0.2) is 17.5 Å². The molecule has 4 aromatic heterocycles. The quantitative estimate of drug-likeness (QED) is 0.170. The topological polar surface area (TPSA) is 69.4 Å². The van der Waals surface area contributed by atoms with Crippen LogP contribution in [0.2, 0.25) is 0 Å². The molecule has 4 heterocycles. The summed E-state index contributed by atoms with van der Waals surface area (Å²) in [4.78, 5) is 23.4. The van der Waals surface area contributed by atoms with Crippen LogP contribution in [0.25, 0.3) is 95.3 Å². The van der Waals surface area contributed by atoms with Crippen LogP contribution in [0.1, 0.15) is 25.0 Å². The Kier molecular flexibility index (Phi) is 7.73. The van der Waals surface area contributed by atoms with Crippen LogP contribution in [0.5, 0.6) is 0 Å². The Labute approximate surface area is 336 Å². The van der Waals surface area contributed by atoms with Gasteiger partial charge in [0.05, 0.1) is 11.0 Å².